The van der Waals surface area contributed by atoms with Gasteiger partial charge in [-0.2, -0.15) is 0 Å². The van der Waals surface area contributed by atoms with E-state index in [-0.39, 0.29) is 5.78 Å². The van der Waals surface area contributed by atoms with Crippen LogP contribution >= 0.6 is 0 Å². The molecule has 16 heavy (non-hydrogen) atoms. The van der Waals surface area contributed by atoms with Crippen molar-refractivity contribution in [1.82, 2.24) is 0 Å². The van der Waals surface area contributed by atoms with Crippen LogP contribution in [0.1, 0.15) is 15.9 Å². The average Bonchev–Trinajstić information content (AvgIpc) is 2.98. The fraction of sp³-hybridized carbons (Fsp3) is 0. The summed E-state index contributed by atoms with van der Waals surface area (Å²) in [6, 6.07) is 9.10. The number of rotatable bonds is 2. The number of carbonyl (C=O) groups excluding carboxylic acids is 1. The van der Waals surface area contributed by atoms with Crippen molar-refractivity contribution in [1.29, 1.82) is 0 Å². The number of carbonyl (C=O) groups is 1. The van der Waals surface area contributed by atoms with Crippen molar-refractivity contribution in [3.8, 4) is 0 Å². The zero-order valence-corrected chi connectivity index (χ0v) is 8.34. The largest absolute Gasteiger partial charge is 0.472 e. The Labute approximate surface area is 91.3 Å². The van der Waals surface area contributed by atoms with Crippen LogP contribution in [0.25, 0.3) is 11.0 Å². The normalized spacial score (nSPS) is 10.8. The molecule has 3 heteroatoms. The third-order valence-corrected chi connectivity index (χ3v) is 2.51. The molecule has 0 aliphatic heterocycles. The van der Waals surface area contributed by atoms with Crippen molar-refractivity contribution in [2.24, 2.45) is 0 Å². The molecule has 0 radical (unpaired) electrons. The predicted octanol–water partition coefficient (Wildman–Crippen LogP) is 3.26. The van der Waals surface area contributed by atoms with Gasteiger partial charge in [-0.15, -0.1) is 0 Å². The summed E-state index contributed by atoms with van der Waals surface area (Å²) in [4.78, 5) is 12.1. The van der Waals surface area contributed by atoms with Gasteiger partial charge in [0.15, 0.2) is 5.78 Å². The average molecular weight is 212 g/mol. The first-order valence-electron chi connectivity index (χ1n) is 4.89. The van der Waals surface area contributed by atoms with Crippen LogP contribution in [0.3, 0.4) is 0 Å². The molecular formula is C13H8O3. The maximum absolute atomic E-state index is 12.1. The molecule has 0 aliphatic carbocycles. The fourth-order valence-electron chi connectivity index (χ4n) is 1.70. The molecule has 0 spiro atoms. The van der Waals surface area contributed by atoms with Crippen LogP contribution < -0.4 is 0 Å². The summed E-state index contributed by atoms with van der Waals surface area (Å²) in [7, 11) is 0. The number of furan rings is 2. The van der Waals surface area contributed by atoms with E-state index in [4.69, 9.17) is 8.83 Å². The summed E-state index contributed by atoms with van der Waals surface area (Å²) in [5.41, 5.74) is 1.82. The van der Waals surface area contributed by atoms with E-state index in [1.807, 2.05) is 24.3 Å². The molecular weight excluding hydrogens is 204 g/mol. The third kappa shape index (κ3) is 1.26. The van der Waals surface area contributed by atoms with Crippen LogP contribution in [0.2, 0.25) is 0 Å². The SMILES string of the molecule is O=C(c1ccoc1)c1coc2ccccc12. The van der Waals surface area contributed by atoms with Gasteiger partial charge >= 0.3 is 0 Å². The Kier molecular flexibility index (Phi) is 1.90. The number of hydrogen-bond acceptors (Lipinski definition) is 3. The highest BCUT2D eigenvalue weighted by Crippen LogP contribution is 2.23. The Morgan fingerprint density at radius 3 is 2.75 bits per heavy atom. The van der Waals surface area contributed by atoms with E-state index in [2.05, 4.69) is 0 Å². The highest BCUT2D eigenvalue weighted by atomic mass is 16.3. The van der Waals surface area contributed by atoms with Crippen molar-refractivity contribution >= 4 is 16.8 Å². The van der Waals surface area contributed by atoms with Gasteiger partial charge in [-0.3, -0.25) is 4.79 Å². The molecule has 2 heterocycles. The monoisotopic (exact) mass is 212 g/mol. The van der Waals surface area contributed by atoms with Crippen LogP contribution in [-0.2, 0) is 0 Å². The van der Waals surface area contributed by atoms with Gasteiger partial charge in [0.1, 0.15) is 18.1 Å². The summed E-state index contributed by atoms with van der Waals surface area (Å²) in [6.45, 7) is 0. The zero-order chi connectivity index (χ0) is 11.0. The van der Waals surface area contributed by atoms with Crippen molar-refractivity contribution in [3.63, 3.8) is 0 Å². The minimum Gasteiger partial charge on any atom is -0.472 e. The number of ketones is 1. The molecule has 0 amide bonds. The van der Waals surface area contributed by atoms with E-state index in [1.165, 1.54) is 18.8 Å². The van der Waals surface area contributed by atoms with Crippen LogP contribution in [0.4, 0.5) is 0 Å². The van der Waals surface area contributed by atoms with Crippen LogP contribution in [0.15, 0.2) is 58.0 Å². The van der Waals surface area contributed by atoms with Crippen LogP contribution in [0.5, 0.6) is 0 Å². The Morgan fingerprint density at radius 2 is 1.94 bits per heavy atom. The van der Waals surface area contributed by atoms with Gasteiger partial charge in [0, 0.05) is 5.39 Å². The number of benzene rings is 1. The van der Waals surface area contributed by atoms with Crippen molar-refractivity contribution in [2.45, 2.75) is 0 Å². The highest BCUT2D eigenvalue weighted by Gasteiger charge is 2.15. The lowest BCUT2D eigenvalue weighted by Crippen LogP contribution is -1.97. The van der Waals surface area contributed by atoms with E-state index in [1.54, 1.807) is 6.07 Å². The Bertz CT molecular complexity index is 632. The van der Waals surface area contributed by atoms with Gasteiger partial charge in [0.25, 0.3) is 0 Å². The molecule has 0 bridgehead atoms. The number of hydrogen-bond donors (Lipinski definition) is 0. The first-order chi connectivity index (χ1) is 7.86. The molecule has 0 atom stereocenters. The van der Waals surface area contributed by atoms with Gasteiger partial charge in [-0.1, -0.05) is 18.2 Å². The summed E-state index contributed by atoms with van der Waals surface area (Å²) >= 11 is 0. The lowest BCUT2D eigenvalue weighted by Gasteiger charge is -1.93. The van der Waals surface area contributed by atoms with Gasteiger partial charge in [0.05, 0.1) is 17.4 Å². The Hall–Kier alpha value is -2.29. The van der Waals surface area contributed by atoms with E-state index in [9.17, 15) is 4.79 Å². The molecule has 3 nitrogen and oxygen atoms in total. The van der Waals surface area contributed by atoms with Gasteiger partial charge < -0.3 is 8.83 Å². The molecule has 78 valence electrons. The van der Waals surface area contributed by atoms with Crippen LogP contribution in [0, 0.1) is 0 Å². The lowest BCUT2D eigenvalue weighted by atomic mass is 10.1. The quantitative estimate of drug-likeness (QED) is 0.612. The number of para-hydroxylation sites is 1. The van der Waals surface area contributed by atoms with Crippen molar-refractivity contribution in [3.05, 3.63) is 60.2 Å². The fourth-order valence-corrected chi connectivity index (χ4v) is 1.70. The summed E-state index contributed by atoms with van der Waals surface area (Å²) in [6.07, 6.45) is 4.40. The second-order valence-electron chi connectivity index (χ2n) is 3.49. The summed E-state index contributed by atoms with van der Waals surface area (Å²) in [5.74, 6) is -0.0845. The Balaban J connectivity index is 2.16. The minimum absolute atomic E-state index is 0.0845. The second-order valence-corrected chi connectivity index (χ2v) is 3.49. The van der Waals surface area contributed by atoms with E-state index in [0.29, 0.717) is 16.7 Å². The Morgan fingerprint density at radius 1 is 1.06 bits per heavy atom. The van der Waals surface area contributed by atoms with Gasteiger partial charge in [-0.25, -0.2) is 0 Å². The van der Waals surface area contributed by atoms with E-state index >= 15 is 0 Å². The highest BCUT2D eigenvalue weighted by molar-refractivity contribution is 6.15. The smallest absolute Gasteiger partial charge is 0.200 e. The summed E-state index contributed by atoms with van der Waals surface area (Å²) in [5, 5.41) is 0.828. The molecule has 0 saturated heterocycles. The standard InChI is InChI=1S/C13H8O3/c14-13(9-5-6-15-7-9)11-8-16-12-4-2-1-3-10(11)12/h1-8H. The molecule has 2 aromatic heterocycles. The third-order valence-electron chi connectivity index (χ3n) is 2.51. The predicted molar refractivity (Wildman–Crippen MR) is 58.4 cm³/mol. The molecule has 0 aliphatic rings. The lowest BCUT2D eigenvalue weighted by molar-refractivity contribution is 0.103. The second kappa shape index (κ2) is 3.38. The molecule has 0 saturated carbocycles. The van der Waals surface area contributed by atoms with E-state index in [0.717, 1.165) is 5.39 Å². The topological polar surface area (TPSA) is 43.4 Å². The molecule has 0 unspecified atom stereocenters. The number of fused-ring (bicyclic) bond motifs is 1. The van der Waals surface area contributed by atoms with Crippen LogP contribution in [-0.4, -0.2) is 5.78 Å². The maximum atomic E-state index is 12.1. The van der Waals surface area contributed by atoms with Gasteiger partial charge in [-0.05, 0) is 12.1 Å². The maximum Gasteiger partial charge on any atom is 0.200 e. The molecule has 0 N–H and O–H groups in total. The minimum atomic E-state index is -0.0845. The molecule has 3 rings (SSSR count). The van der Waals surface area contributed by atoms with Crippen molar-refractivity contribution < 1.29 is 13.6 Å². The van der Waals surface area contributed by atoms with Gasteiger partial charge in [0.2, 0.25) is 0 Å². The molecule has 1 aromatic carbocycles. The van der Waals surface area contributed by atoms with E-state index < -0.39 is 0 Å². The zero-order valence-electron chi connectivity index (χ0n) is 8.34. The first kappa shape index (κ1) is 8.97. The molecule has 0 fully saturated rings. The summed E-state index contributed by atoms with van der Waals surface area (Å²) < 4.78 is 10.2. The molecule has 3 aromatic rings. The van der Waals surface area contributed by atoms with Crippen molar-refractivity contribution in [2.75, 3.05) is 0 Å². The first-order valence-corrected chi connectivity index (χ1v) is 4.89.